The van der Waals surface area contributed by atoms with Crippen molar-refractivity contribution in [2.24, 2.45) is 5.73 Å². The highest BCUT2D eigenvalue weighted by Crippen LogP contribution is 2.27. The summed E-state index contributed by atoms with van der Waals surface area (Å²) < 4.78 is 1.68. The predicted molar refractivity (Wildman–Crippen MR) is 150 cm³/mol. The number of nitrogens with zero attached hydrogens (tertiary/aromatic N) is 2. The van der Waals surface area contributed by atoms with E-state index in [0.29, 0.717) is 5.82 Å². The Morgan fingerprint density at radius 3 is 2.39 bits per heavy atom. The van der Waals surface area contributed by atoms with Gasteiger partial charge >= 0.3 is 6.03 Å². The summed E-state index contributed by atoms with van der Waals surface area (Å²) in [5, 5.41) is 10.7. The van der Waals surface area contributed by atoms with E-state index >= 15 is 0 Å². The van der Waals surface area contributed by atoms with Crippen LogP contribution in [-0.2, 0) is 23.1 Å². The standard InChI is InChI=1S/C27H33N5O2.C2H4/c1-6-10-19-12-9-14-22(21(19)7-2)29-26(34)30-25-17-23(27(3,4)5)31-32(25)20-13-8-11-18(15-20)16-24(28)33;1-2/h6,8-15,17H,7,16H2,1-5H3,(H2,28,33)(H2,29,30,34);1-2H2/b10-6-;. The maximum Gasteiger partial charge on any atom is 0.324 e. The zero-order valence-electron chi connectivity index (χ0n) is 21.9. The summed E-state index contributed by atoms with van der Waals surface area (Å²) in [6, 6.07) is 14.8. The molecule has 190 valence electrons. The summed E-state index contributed by atoms with van der Waals surface area (Å²) in [5.41, 5.74) is 10.4. The van der Waals surface area contributed by atoms with Gasteiger partial charge in [-0.15, -0.1) is 13.2 Å². The molecule has 0 radical (unpaired) electrons. The number of carbonyl (C=O) groups excluding carboxylic acids is 2. The van der Waals surface area contributed by atoms with Crippen LogP contribution in [-0.4, -0.2) is 21.7 Å². The smallest absolute Gasteiger partial charge is 0.324 e. The summed E-state index contributed by atoms with van der Waals surface area (Å²) >= 11 is 0. The lowest BCUT2D eigenvalue weighted by Crippen LogP contribution is -2.22. The third-order valence-corrected chi connectivity index (χ3v) is 5.41. The Balaban J connectivity index is 0.00000222. The summed E-state index contributed by atoms with van der Waals surface area (Å²) in [5.74, 6) is 0.124. The zero-order valence-corrected chi connectivity index (χ0v) is 21.9. The number of benzene rings is 2. The molecule has 0 saturated heterocycles. The summed E-state index contributed by atoms with van der Waals surface area (Å²) in [6.45, 7) is 16.2. The first kappa shape index (κ1) is 28.1. The second kappa shape index (κ2) is 12.5. The Morgan fingerprint density at radius 1 is 1.08 bits per heavy atom. The lowest BCUT2D eigenvalue weighted by Gasteiger charge is -2.14. The van der Waals surface area contributed by atoms with Gasteiger partial charge in [-0.2, -0.15) is 5.10 Å². The molecule has 0 aliphatic rings. The van der Waals surface area contributed by atoms with Crippen LogP contribution in [0.3, 0.4) is 0 Å². The Bertz CT molecular complexity index is 1230. The molecule has 0 unspecified atom stereocenters. The third kappa shape index (κ3) is 7.18. The van der Waals surface area contributed by atoms with E-state index in [1.54, 1.807) is 4.68 Å². The molecule has 4 N–H and O–H groups in total. The van der Waals surface area contributed by atoms with Crippen molar-refractivity contribution in [3.63, 3.8) is 0 Å². The van der Waals surface area contributed by atoms with Crippen molar-refractivity contribution in [1.82, 2.24) is 9.78 Å². The molecule has 1 heterocycles. The minimum Gasteiger partial charge on any atom is -0.369 e. The van der Waals surface area contributed by atoms with Crippen LogP contribution < -0.4 is 16.4 Å². The molecule has 36 heavy (non-hydrogen) atoms. The number of allylic oxidation sites excluding steroid dienone is 1. The van der Waals surface area contributed by atoms with E-state index in [1.807, 2.05) is 67.6 Å². The van der Waals surface area contributed by atoms with Gasteiger partial charge in [-0.1, -0.05) is 64.1 Å². The van der Waals surface area contributed by atoms with E-state index in [1.165, 1.54) is 0 Å². The first-order valence-corrected chi connectivity index (χ1v) is 11.9. The molecule has 7 heteroatoms. The Morgan fingerprint density at radius 2 is 1.78 bits per heavy atom. The van der Waals surface area contributed by atoms with Crippen molar-refractivity contribution >= 4 is 29.5 Å². The van der Waals surface area contributed by atoms with Gasteiger partial charge in [0.05, 0.1) is 17.8 Å². The van der Waals surface area contributed by atoms with Crippen LogP contribution in [0.2, 0.25) is 0 Å². The lowest BCUT2D eigenvalue weighted by molar-refractivity contribution is -0.117. The molecule has 3 aromatic rings. The van der Waals surface area contributed by atoms with Crippen LogP contribution in [0.5, 0.6) is 0 Å². The van der Waals surface area contributed by atoms with E-state index in [-0.39, 0.29) is 17.9 Å². The van der Waals surface area contributed by atoms with Crippen molar-refractivity contribution < 1.29 is 9.59 Å². The van der Waals surface area contributed by atoms with Crippen molar-refractivity contribution in [2.75, 3.05) is 10.6 Å². The van der Waals surface area contributed by atoms with Crippen LogP contribution in [0.25, 0.3) is 11.8 Å². The van der Waals surface area contributed by atoms with Crippen molar-refractivity contribution in [3.05, 3.63) is 90.1 Å². The van der Waals surface area contributed by atoms with Crippen LogP contribution in [0.1, 0.15) is 57.0 Å². The minimum atomic E-state index is -0.405. The second-order valence-electron chi connectivity index (χ2n) is 9.20. The number of amides is 3. The van der Waals surface area contributed by atoms with Gasteiger partial charge in [0.2, 0.25) is 5.91 Å². The second-order valence-corrected chi connectivity index (χ2v) is 9.20. The number of hydrogen-bond donors (Lipinski definition) is 3. The fourth-order valence-electron chi connectivity index (χ4n) is 3.75. The Labute approximate surface area is 214 Å². The fraction of sp³-hybridized carbons (Fsp3) is 0.276. The molecular formula is C29H37N5O2. The molecule has 0 aliphatic heterocycles. The Kier molecular flexibility index (Phi) is 9.79. The predicted octanol–water partition coefficient (Wildman–Crippen LogP) is 6.24. The molecule has 1 aromatic heterocycles. The molecule has 0 atom stereocenters. The zero-order chi connectivity index (χ0) is 26.9. The first-order valence-electron chi connectivity index (χ1n) is 11.9. The van der Waals surface area contributed by atoms with Crippen LogP contribution >= 0.6 is 0 Å². The molecule has 7 nitrogen and oxygen atoms in total. The van der Waals surface area contributed by atoms with E-state index in [4.69, 9.17) is 10.8 Å². The average molecular weight is 488 g/mol. The van der Waals surface area contributed by atoms with Crippen molar-refractivity contribution in [1.29, 1.82) is 0 Å². The van der Waals surface area contributed by atoms with Crippen LogP contribution in [0.4, 0.5) is 16.3 Å². The fourth-order valence-corrected chi connectivity index (χ4v) is 3.75. The summed E-state index contributed by atoms with van der Waals surface area (Å²) in [7, 11) is 0. The number of hydrogen-bond acceptors (Lipinski definition) is 3. The van der Waals surface area contributed by atoms with Gasteiger partial charge in [0.1, 0.15) is 5.82 Å². The molecule has 0 aliphatic carbocycles. The first-order chi connectivity index (χ1) is 17.1. The quantitative estimate of drug-likeness (QED) is 0.344. The van der Waals surface area contributed by atoms with Gasteiger partial charge in [0, 0.05) is 17.2 Å². The van der Waals surface area contributed by atoms with Gasteiger partial charge in [-0.3, -0.25) is 10.1 Å². The van der Waals surface area contributed by atoms with Crippen LogP contribution in [0, 0.1) is 0 Å². The molecule has 0 fully saturated rings. The lowest BCUT2D eigenvalue weighted by atomic mass is 9.92. The third-order valence-electron chi connectivity index (χ3n) is 5.41. The van der Waals surface area contributed by atoms with Gasteiger partial charge in [-0.05, 0) is 48.2 Å². The van der Waals surface area contributed by atoms with Gasteiger partial charge in [0.15, 0.2) is 0 Å². The molecule has 0 bridgehead atoms. The maximum absolute atomic E-state index is 13.0. The highest BCUT2D eigenvalue weighted by atomic mass is 16.2. The van der Waals surface area contributed by atoms with E-state index < -0.39 is 5.91 Å². The largest absolute Gasteiger partial charge is 0.369 e. The molecule has 0 saturated carbocycles. The van der Waals surface area contributed by atoms with Gasteiger partial charge in [-0.25, -0.2) is 9.48 Å². The highest BCUT2D eigenvalue weighted by molar-refractivity contribution is 6.00. The number of aromatic nitrogens is 2. The number of nitrogens with one attached hydrogen (secondary N) is 2. The average Bonchev–Trinajstić information content (AvgIpc) is 3.25. The summed E-state index contributed by atoms with van der Waals surface area (Å²) in [6.07, 6.45) is 4.94. The van der Waals surface area contributed by atoms with E-state index in [9.17, 15) is 9.59 Å². The number of rotatable bonds is 7. The molecule has 3 amide bonds. The number of nitrogens with two attached hydrogens (primary N) is 1. The number of carbonyl (C=O) groups is 2. The molecule has 2 aromatic carbocycles. The van der Waals surface area contributed by atoms with E-state index in [2.05, 4.69) is 51.5 Å². The molecule has 0 spiro atoms. The highest BCUT2D eigenvalue weighted by Gasteiger charge is 2.22. The number of urea groups is 1. The van der Waals surface area contributed by atoms with E-state index in [0.717, 1.165) is 40.2 Å². The van der Waals surface area contributed by atoms with Gasteiger partial charge in [0.25, 0.3) is 0 Å². The van der Waals surface area contributed by atoms with Crippen molar-refractivity contribution in [3.8, 4) is 5.69 Å². The monoisotopic (exact) mass is 487 g/mol. The number of primary amides is 1. The van der Waals surface area contributed by atoms with Crippen LogP contribution in [0.15, 0.2) is 67.8 Å². The molecular weight excluding hydrogens is 450 g/mol. The number of anilines is 2. The molecule has 3 rings (SSSR count). The Hall–Kier alpha value is -4.13. The van der Waals surface area contributed by atoms with Gasteiger partial charge < -0.3 is 11.1 Å². The van der Waals surface area contributed by atoms with Crippen molar-refractivity contribution in [2.45, 2.75) is 52.9 Å². The minimum absolute atomic E-state index is 0.132. The topological polar surface area (TPSA) is 102 Å². The maximum atomic E-state index is 13.0. The summed E-state index contributed by atoms with van der Waals surface area (Å²) in [4.78, 5) is 24.4. The SMILES string of the molecule is C/C=C\c1cccc(NC(=O)Nc2cc(C(C)(C)C)nn2-c2cccc(CC(N)=O)c2)c1CC.C=C. The normalized spacial score (nSPS) is 11.0.